The average Bonchev–Trinajstić information content (AvgIpc) is 3.32. The number of nitrogens with one attached hydrogen (secondary N) is 1. The zero-order valence-corrected chi connectivity index (χ0v) is 15.5. The van der Waals surface area contributed by atoms with Gasteiger partial charge in [0.05, 0.1) is 0 Å². The van der Waals surface area contributed by atoms with E-state index in [0.717, 1.165) is 28.7 Å². The molecule has 2 atom stereocenters. The van der Waals surface area contributed by atoms with E-state index in [-0.39, 0.29) is 18.4 Å². The molecule has 1 amide bonds. The van der Waals surface area contributed by atoms with Gasteiger partial charge in [-0.2, -0.15) is 0 Å². The quantitative estimate of drug-likeness (QED) is 0.801. The molecule has 2 N–H and O–H groups in total. The van der Waals surface area contributed by atoms with E-state index < -0.39 is 18.1 Å². The maximum atomic E-state index is 12.3. The second-order valence-corrected chi connectivity index (χ2v) is 7.33. The van der Waals surface area contributed by atoms with Crippen LogP contribution in [-0.2, 0) is 14.3 Å². The van der Waals surface area contributed by atoms with Gasteiger partial charge in [0.2, 0.25) is 0 Å². The number of hydrogen-bond donors (Lipinski definition) is 2. The number of ether oxygens (including phenoxy) is 2. The Balaban J connectivity index is 1.41. The molecule has 1 heterocycles. The smallest absolute Gasteiger partial charge is 0.407 e. The molecule has 0 spiro atoms. The van der Waals surface area contributed by atoms with Crippen LogP contribution in [0.4, 0.5) is 4.79 Å². The minimum Gasteiger partial charge on any atom is -0.480 e. The lowest BCUT2D eigenvalue weighted by molar-refractivity contribution is -0.139. The Hall–Kier alpha value is -2.86. The summed E-state index contributed by atoms with van der Waals surface area (Å²) >= 11 is 0. The van der Waals surface area contributed by atoms with Crippen molar-refractivity contribution in [3.8, 4) is 11.1 Å². The highest BCUT2D eigenvalue weighted by molar-refractivity contribution is 5.81. The summed E-state index contributed by atoms with van der Waals surface area (Å²) in [7, 11) is 0. The first-order valence-corrected chi connectivity index (χ1v) is 9.55. The van der Waals surface area contributed by atoms with Gasteiger partial charge in [-0.1, -0.05) is 48.5 Å². The Kier molecular flexibility index (Phi) is 5.30. The first-order chi connectivity index (χ1) is 13.6. The Labute approximate surface area is 163 Å². The van der Waals surface area contributed by atoms with Gasteiger partial charge in [0, 0.05) is 19.1 Å². The molecule has 1 fully saturated rings. The van der Waals surface area contributed by atoms with Crippen LogP contribution in [0.3, 0.4) is 0 Å². The number of carbonyl (C=O) groups is 2. The summed E-state index contributed by atoms with van der Waals surface area (Å²) in [6.45, 7) is 1.34. The lowest BCUT2D eigenvalue weighted by atomic mass is 9.98. The molecule has 1 saturated heterocycles. The van der Waals surface area contributed by atoms with Crippen LogP contribution in [0.2, 0.25) is 0 Å². The van der Waals surface area contributed by atoms with Crippen molar-refractivity contribution in [1.82, 2.24) is 5.32 Å². The Bertz CT molecular complexity index is 829. The number of fused-ring (bicyclic) bond motifs is 3. The third kappa shape index (κ3) is 3.73. The molecule has 2 aliphatic rings. The van der Waals surface area contributed by atoms with Crippen LogP contribution in [-0.4, -0.2) is 43.0 Å². The summed E-state index contributed by atoms with van der Waals surface area (Å²) in [6, 6.07) is 15.2. The minimum atomic E-state index is -1.06. The van der Waals surface area contributed by atoms with Crippen LogP contribution in [0.25, 0.3) is 11.1 Å². The molecular weight excluding hydrogens is 358 g/mol. The fraction of sp³-hybridized carbons (Fsp3) is 0.364. The fourth-order valence-electron chi connectivity index (χ4n) is 4.11. The third-order valence-electron chi connectivity index (χ3n) is 5.53. The van der Waals surface area contributed by atoms with Crippen molar-refractivity contribution in [2.75, 3.05) is 19.8 Å². The number of hydrogen-bond acceptors (Lipinski definition) is 4. The molecule has 0 radical (unpaired) electrons. The molecule has 1 aliphatic heterocycles. The number of benzene rings is 2. The van der Waals surface area contributed by atoms with Crippen molar-refractivity contribution in [2.24, 2.45) is 5.92 Å². The maximum Gasteiger partial charge on any atom is 0.407 e. The molecule has 2 aromatic rings. The molecule has 4 rings (SSSR count). The average molecular weight is 381 g/mol. The number of carbonyl (C=O) groups excluding carboxylic acids is 1. The van der Waals surface area contributed by atoms with Crippen molar-refractivity contribution < 1.29 is 24.2 Å². The van der Waals surface area contributed by atoms with Crippen molar-refractivity contribution in [3.05, 3.63) is 59.7 Å². The molecule has 0 saturated carbocycles. The van der Waals surface area contributed by atoms with E-state index in [0.29, 0.717) is 19.6 Å². The second kappa shape index (κ2) is 8.02. The van der Waals surface area contributed by atoms with Gasteiger partial charge in [-0.25, -0.2) is 9.59 Å². The molecular formula is C22H23NO5. The van der Waals surface area contributed by atoms with Gasteiger partial charge in [0.1, 0.15) is 12.6 Å². The monoisotopic (exact) mass is 381 g/mol. The van der Waals surface area contributed by atoms with E-state index in [2.05, 4.69) is 17.4 Å². The van der Waals surface area contributed by atoms with Crippen molar-refractivity contribution >= 4 is 12.1 Å². The number of aliphatic carboxylic acids is 1. The molecule has 6 nitrogen and oxygen atoms in total. The van der Waals surface area contributed by atoms with E-state index in [1.165, 1.54) is 0 Å². The maximum absolute atomic E-state index is 12.3. The van der Waals surface area contributed by atoms with Crippen LogP contribution >= 0.6 is 0 Å². The van der Waals surface area contributed by atoms with E-state index >= 15 is 0 Å². The number of rotatable bonds is 6. The third-order valence-corrected chi connectivity index (χ3v) is 5.53. The van der Waals surface area contributed by atoms with E-state index in [9.17, 15) is 14.7 Å². The number of carboxylic acids is 1. The van der Waals surface area contributed by atoms with Crippen molar-refractivity contribution in [2.45, 2.75) is 24.8 Å². The van der Waals surface area contributed by atoms with Gasteiger partial charge in [0.25, 0.3) is 0 Å². The first kappa shape index (κ1) is 18.5. The largest absolute Gasteiger partial charge is 0.480 e. The number of carboxylic acid groups (broad SMARTS) is 1. The van der Waals surface area contributed by atoms with Gasteiger partial charge < -0.3 is 19.9 Å². The zero-order chi connectivity index (χ0) is 19.5. The molecule has 0 bridgehead atoms. The Morgan fingerprint density at radius 1 is 1.11 bits per heavy atom. The highest BCUT2D eigenvalue weighted by Gasteiger charge is 2.30. The predicted molar refractivity (Wildman–Crippen MR) is 103 cm³/mol. The Morgan fingerprint density at radius 3 is 2.32 bits per heavy atom. The molecule has 146 valence electrons. The normalized spacial score (nSPS) is 18.9. The summed E-state index contributed by atoms with van der Waals surface area (Å²) < 4.78 is 10.7. The standard InChI is InChI=1S/C22H23NO5/c24-21(25)20(11-14-9-10-27-12-14)23-22(26)28-13-19-17-7-3-1-5-15(17)16-6-2-4-8-18(16)19/h1-8,14,19-20H,9-13H2,(H,23,26)(H,24,25). The molecule has 1 aliphatic carbocycles. The number of amides is 1. The minimum absolute atomic E-state index is 0.0512. The van der Waals surface area contributed by atoms with E-state index in [4.69, 9.17) is 9.47 Å². The summed E-state index contributed by atoms with van der Waals surface area (Å²) in [5.41, 5.74) is 4.54. The predicted octanol–water partition coefficient (Wildman–Crippen LogP) is 3.40. The van der Waals surface area contributed by atoms with Gasteiger partial charge in [-0.15, -0.1) is 0 Å². The van der Waals surface area contributed by atoms with Crippen LogP contribution in [0, 0.1) is 5.92 Å². The summed E-state index contributed by atoms with van der Waals surface area (Å²) in [4.78, 5) is 23.8. The van der Waals surface area contributed by atoms with Crippen molar-refractivity contribution in [1.29, 1.82) is 0 Å². The lowest BCUT2D eigenvalue weighted by Gasteiger charge is -2.19. The lowest BCUT2D eigenvalue weighted by Crippen LogP contribution is -2.42. The van der Waals surface area contributed by atoms with Crippen LogP contribution in [0.15, 0.2) is 48.5 Å². The second-order valence-electron chi connectivity index (χ2n) is 7.33. The van der Waals surface area contributed by atoms with Gasteiger partial charge in [-0.3, -0.25) is 0 Å². The Morgan fingerprint density at radius 2 is 1.75 bits per heavy atom. The highest BCUT2D eigenvalue weighted by atomic mass is 16.5. The molecule has 2 aromatic carbocycles. The van der Waals surface area contributed by atoms with E-state index in [1.54, 1.807) is 0 Å². The van der Waals surface area contributed by atoms with Crippen LogP contribution in [0.1, 0.15) is 29.9 Å². The van der Waals surface area contributed by atoms with Gasteiger partial charge >= 0.3 is 12.1 Å². The van der Waals surface area contributed by atoms with Crippen LogP contribution in [0.5, 0.6) is 0 Å². The van der Waals surface area contributed by atoms with Crippen LogP contribution < -0.4 is 5.32 Å². The zero-order valence-electron chi connectivity index (χ0n) is 15.5. The molecule has 0 aromatic heterocycles. The summed E-state index contributed by atoms with van der Waals surface area (Å²) in [5.74, 6) is -0.958. The number of alkyl carbamates (subject to hydrolysis) is 1. The fourth-order valence-corrected chi connectivity index (χ4v) is 4.11. The van der Waals surface area contributed by atoms with Gasteiger partial charge in [-0.05, 0) is 41.0 Å². The van der Waals surface area contributed by atoms with E-state index in [1.807, 2.05) is 36.4 Å². The topological polar surface area (TPSA) is 84.9 Å². The molecule has 2 unspecified atom stereocenters. The van der Waals surface area contributed by atoms with Gasteiger partial charge in [0.15, 0.2) is 0 Å². The summed E-state index contributed by atoms with van der Waals surface area (Å²) in [6.07, 6.45) is 0.462. The first-order valence-electron chi connectivity index (χ1n) is 9.55. The van der Waals surface area contributed by atoms with Crippen molar-refractivity contribution in [3.63, 3.8) is 0 Å². The SMILES string of the molecule is O=C(NC(CC1CCOC1)C(=O)O)OCC1c2ccccc2-c2ccccc21. The highest BCUT2D eigenvalue weighted by Crippen LogP contribution is 2.44. The summed E-state index contributed by atoms with van der Waals surface area (Å²) in [5, 5.41) is 11.9. The molecule has 6 heteroatoms. The molecule has 28 heavy (non-hydrogen) atoms.